The lowest BCUT2D eigenvalue weighted by Gasteiger charge is -2.07. The number of carbonyl (C=O) groups excluding carboxylic acids is 1. The zero-order chi connectivity index (χ0) is 19.2. The van der Waals surface area contributed by atoms with Crippen LogP contribution in [-0.4, -0.2) is 40.9 Å². The fraction of sp³-hybridized carbons (Fsp3) is 0.294. The minimum Gasteiger partial charge on any atom is -0.480 e. The highest BCUT2D eigenvalue weighted by atomic mass is 35.5. The van der Waals surface area contributed by atoms with E-state index in [2.05, 4.69) is 10.1 Å². The molecule has 10 heteroatoms. The monoisotopic (exact) mass is 409 g/mol. The Labute approximate surface area is 163 Å². The number of fused-ring (bicyclic) bond motifs is 1. The number of para-hydroxylation sites is 1. The second-order valence-corrected chi connectivity index (χ2v) is 6.85. The summed E-state index contributed by atoms with van der Waals surface area (Å²) in [6, 6.07) is 8.10. The van der Waals surface area contributed by atoms with Crippen LogP contribution in [0.2, 0.25) is 5.02 Å². The second-order valence-electron chi connectivity index (χ2n) is 5.40. The molecule has 0 aliphatic rings. The summed E-state index contributed by atoms with van der Waals surface area (Å²) in [5.41, 5.74) is 0.00585. The Balaban J connectivity index is 1.60. The van der Waals surface area contributed by atoms with Crippen molar-refractivity contribution in [2.24, 2.45) is 0 Å². The number of methoxy groups -OCH3 is 1. The molecule has 0 radical (unpaired) electrons. The summed E-state index contributed by atoms with van der Waals surface area (Å²) in [5.74, 6) is -0.204. The van der Waals surface area contributed by atoms with Gasteiger partial charge < -0.3 is 14.2 Å². The van der Waals surface area contributed by atoms with E-state index in [0.29, 0.717) is 34.5 Å². The van der Waals surface area contributed by atoms with Gasteiger partial charge >= 0.3 is 5.97 Å². The molecule has 2 heterocycles. The Kier molecular flexibility index (Phi) is 6.38. The highest BCUT2D eigenvalue weighted by Gasteiger charge is 2.11. The molecule has 2 aromatic heterocycles. The summed E-state index contributed by atoms with van der Waals surface area (Å²) < 4.78 is 16.6. The number of nitrogens with zero attached hydrogens (tertiary/aromatic N) is 3. The zero-order valence-corrected chi connectivity index (χ0v) is 16.0. The zero-order valence-electron chi connectivity index (χ0n) is 14.4. The summed E-state index contributed by atoms with van der Waals surface area (Å²) >= 11 is 7.24. The van der Waals surface area contributed by atoms with Crippen molar-refractivity contribution in [2.45, 2.75) is 13.0 Å². The normalized spacial score (nSPS) is 10.9. The van der Waals surface area contributed by atoms with Gasteiger partial charge in [-0.05, 0) is 12.1 Å². The van der Waals surface area contributed by atoms with Gasteiger partial charge in [-0.3, -0.25) is 4.79 Å². The van der Waals surface area contributed by atoms with Gasteiger partial charge in [0.25, 0.3) is 5.56 Å². The highest BCUT2D eigenvalue weighted by molar-refractivity contribution is 7.16. The van der Waals surface area contributed by atoms with Gasteiger partial charge in [-0.15, -0.1) is 0 Å². The third-order valence-corrected chi connectivity index (χ3v) is 4.70. The number of rotatable bonds is 8. The summed E-state index contributed by atoms with van der Waals surface area (Å²) in [5, 5.41) is 5.34. The van der Waals surface area contributed by atoms with Crippen LogP contribution >= 0.6 is 22.9 Å². The van der Waals surface area contributed by atoms with Crippen molar-refractivity contribution in [3.8, 4) is 5.75 Å². The number of hydrogen-bond donors (Lipinski definition) is 0. The Morgan fingerprint density at radius 2 is 2.15 bits per heavy atom. The molecule has 0 amide bonds. The van der Waals surface area contributed by atoms with Crippen molar-refractivity contribution in [3.05, 3.63) is 56.4 Å². The molecule has 3 aromatic rings. The van der Waals surface area contributed by atoms with Crippen molar-refractivity contribution < 1.29 is 19.0 Å². The van der Waals surface area contributed by atoms with E-state index >= 15 is 0 Å². The SMILES string of the molecule is COCCc1nn2c(=O)cc(COC(=O)COc3ccccc3Cl)nc2s1. The van der Waals surface area contributed by atoms with Gasteiger partial charge in [-0.2, -0.15) is 9.61 Å². The van der Waals surface area contributed by atoms with Crippen molar-refractivity contribution in [1.29, 1.82) is 0 Å². The van der Waals surface area contributed by atoms with Crippen LogP contribution in [0.1, 0.15) is 10.7 Å². The van der Waals surface area contributed by atoms with E-state index in [1.807, 2.05) is 0 Å². The molecule has 1 aromatic carbocycles. The smallest absolute Gasteiger partial charge is 0.344 e. The molecule has 142 valence electrons. The van der Waals surface area contributed by atoms with E-state index in [4.69, 9.17) is 25.8 Å². The Hall–Kier alpha value is -2.49. The molecule has 8 nitrogen and oxygen atoms in total. The predicted octanol–water partition coefficient (Wildman–Crippen LogP) is 2.12. The quantitative estimate of drug-likeness (QED) is 0.526. The number of halogens is 1. The third kappa shape index (κ3) is 5.03. The number of esters is 1. The van der Waals surface area contributed by atoms with Crippen LogP contribution < -0.4 is 10.3 Å². The fourth-order valence-corrected chi connectivity index (χ4v) is 3.24. The number of ether oxygens (including phenoxy) is 3. The molecular formula is C17H16ClN3O5S. The third-order valence-electron chi connectivity index (χ3n) is 3.42. The average Bonchev–Trinajstić information content (AvgIpc) is 3.07. The average molecular weight is 410 g/mol. The van der Waals surface area contributed by atoms with E-state index in [0.717, 1.165) is 5.01 Å². The summed E-state index contributed by atoms with van der Waals surface area (Å²) in [4.78, 5) is 28.7. The molecule has 0 unspecified atom stereocenters. The van der Waals surface area contributed by atoms with Gasteiger partial charge in [-0.1, -0.05) is 35.1 Å². The lowest BCUT2D eigenvalue weighted by Crippen LogP contribution is -2.18. The van der Waals surface area contributed by atoms with Crippen molar-refractivity contribution in [3.63, 3.8) is 0 Å². The molecule has 0 atom stereocenters. The Morgan fingerprint density at radius 3 is 2.93 bits per heavy atom. The van der Waals surface area contributed by atoms with Crippen molar-refractivity contribution in [1.82, 2.24) is 14.6 Å². The first-order chi connectivity index (χ1) is 13.1. The van der Waals surface area contributed by atoms with Crippen LogP contribution in [0, 0.1) is 0 Å². The molecule has 0 saturated carbocycles. The molecule has 0 saturated heterocycles. The van der Waals surface area contributed by atoms with E-state index in [9.17, 15) is 9.59 Å². The lowest BCUT2D eigenvalue weighted by molar-refractivity contribution is -0.147. The number of aromatic nitrogens is 3. The van der Waals surface area contributed by atoms with Crippen LogP contribution in [-0.2, 0) is 27.3 Å². The molecule has 3 rings (SSSR count). The first-order valence-corrected chi connectivity index (χ1v) is 9.17. The maximum atomic E-state index is 12.1. The van der Waals surface area contributed by atoms with Crippen LogP contribution in [0.15, 0.2) is 35.1 Å². The van der Waals surface area contributed by atoms with Gasteiger partial charge in [0, 0.05) is 19.6 Å². The minimum absolute atomic E-state index is 0.137. The van der Waals surface area contributed by atoms with E-state index < -0.39 is 5.97 Å². The number of carbonyl (C=O) groups is 1. The second kappa shape index (κ2) is 8.94. The first-order valence-electron chi connectivity index (χ1n) is 7.97. The lowest BCUT2D eigenvalue weighted by atomic mass is 10.3. The molecule has 0 aliphatic heterocycles. The van der Waals surface area contributed by atoms with Crippen LogP contribution in [0.4, 0.5) is 0 Å². The van der Waals surface area contributed by atoms with Crippen LogP contribution in [0.3, 0.4) is 0 Å². The molecule has 0 fully saturated rings. The Bertz CT molecular complexity index is 1000. The molecule has 0 spiro atoms. The first kappa shape index (κ1) is 19.3. The molecule has 0 aliphatic carbocycles. The largest absolute Gasteiger partial charge is 0.480 e. The van der Waals surface area contributed by atoms with E-state index in [1.54, 1.807) is 31.4 Å². The molecular weight excluding hydrogens is 394 g/mol. The van der Waals surface area contributed by atoms with Gasteiger partial charge in [0.1, 0.15) is 17.4 Å². The van der Waals surface area contributed by atoms with Gasteiger partial charge in [0.05, 0.1) is 17.3 Å². The fourth-order valence-electron chi connectivity index (χ4n) is 2.15. The molecule has 0 N–H and O–H groups in total. The molecule has 27 heavy (non-hydrogen) atoms. The van der Waals surface area contributed by atoms with Crippen molar-refractivity contribution in [2.75, 3.05) is 20.3 Å². The number of benzene rings is 1. The van der Waals surface area contributed by atoms with Crippen LogP contribution in [0.25, 0.3) is 4.96 Å². The van der Waals surface area contributed by atoms with Gasteiger partial charge in [0.15, 0.2) is 6.61 Å². The van der Waals surface area contributed by atoms with E-state index in [-0.39, 0.29) is 18.8 Å². The number of hydrogen-bond acceptors (Lipinski definition) is 8. The summed E-state index contributed by atoms with van der Waals surface area (Å²) in [6.45, 7) is 0.0684. The highest BCUT2D eigenvalue weighted by Crippen LogP contribution is 2.22. The van der Waals surface area contributed by atoms with Crippen LogP contribution in [0.5, 0.6) is 5.75 Å². The predicted molar refractivity (Wildman–Crippen MR) is 99.5 cm³/mol. The van der Waals surface area contributed by atoms with Crippen molar-refractivity contribution >= 4 is 33.9 Å². The van der Waals surface area contributed by atoms with E-state index in [1.165, 1.54) is 21.9 Å². The van der Waals surface area contributed by atoms with Gasteiger partial charge in [-0.25, -0.2) is 9.78 Å². The standard InChI is InChI=1S/C17H16ClN3O5S/c1-24-7-6-14-20-21-15(22)8-11(19-17(21)27-14)9-26-16(23)10-25-13-5-3-2-4-12(13)18/h2-5,8H,6-7,9-10H2,1H3. The maximum Gasteiger partial charge on any atom is 0.344 e. The molecule has 0 bridgehead atoms. The minimum atomic E-state index is -0.595. The topological polar surface area (TPSA) is 92.0 Å². The summed E-state index contributed by atoms with van der Waals surface area (Å²) in [6.07, 6.45) is 0.591. The summed E-state index contributed by atoms with van der Waals surface area (Å²) in [7, 11) is 1.60. The maximum absolute atomic E-state index is 12.1. The van der Waals surface area contributed by atoms with Gasteiger partial charge in [0.2, 0.25) is 4.96 Å². The Morgan fingerprint density at radius 1 is 1.33 bits per heavy atom.